The first-order chi connectivity index (χ1) is 13.2. The van der Waals surface area contributed by atoms with Crippen molar-refractivity contribution in [3.63, 3.8) is 0 Å². The average Bonchev–Trinajstić information content (AvgIpc) is 3.29. The number of anilines is 1. The van der Waals surface area contributed by atoms with E-state index in [1.807, 2.05) is 11.0 Å². The van der Waals surface area contributed by atoms with Crippen molar-refractivity contribution in [1.82, 2.24) is 9.97 Å². The van der Waals surface area contributed by atoms with Crippen LogP contribution in [0, 0.1) is 0 Å². The van der Waals surface area contributed by atoms with Crippen molar-refractivity contribution < 1.29 is 9.53 Å². The highest BCUT2D eigenvalue weighted by atomic mass is 32.1. The second kappa shape index (κ2) is 6.46. The van der Waals surface area contributed by atoms with Crippen molar-refractivity contribution in [3.8, 4) is 17.1 Å². The van der Waals surface area contributed by atoms with E-state index in [0.29, 0.717) is 23.9 Å². The Labute approximate surface area is 161 Å². The minimum Gasteiger partial charge on any atom is -0.481 e. The zero-order valence-electron chi connectivity index (χ0n) is 15.0. The van der Waals surface area contributed by atoms with Crippen LogP contribution < -0.4 is 9.64 Å². The minimum absolute atomic E-state index is 0.0265. The van der Waals surface area contributed by atoms with Gasteiger partial charge in [-0.25, -0.2) is 9.97 Å². The van der Waals surface area contributed by atoms with E-state index >= 15 is 0 Å². The first-order valence-electron chi connectivity index (χ1n) is 9.13. The molecule has 0 bridgehead atoms. The van der Waals surface area contributed by atoms with Gasteiger partial charge in [0.15, 0.2) is 0 Å². The zero-order chi connectivity index (χ0) is 18.4. The molecule has 27 heavy (non-hydrogen) atoms. The molecule has 1 aliphatic carbocycles. The Balaban J connectivity index is 1.40. The first-order valence-corrected chi connectivity index (χ1v) is 10.0. The second-order valence-electron chi connectivity index (χ2n) is 6.98. The third-order valence-corrected chi connectivity index (χ3v) is 6.16. The largest absolute Gasteiger partial charge is 0.481 e. The number of methoxy groups -OCH3 is 1. The third kappa shape index (κ3) is 3.00. The molecule has 2 aliphatic rings. The highest BCUT2D eigenvalue weighted by Gasteiger charge is 2.28. The molecule has 1 aliphatic heterocycles. The lowest BCUT2D eigenvalue weighted by molar-refractivity contribution is 0.0989. The Morgan fingerprint density at radius 3 is 2.89 bits per heavy atom. The van der Waals surface area contributed by atoms with Crippen molar-refractivity contribution in [3.05, 3.63) is 58.0 Å². The fourth-order valence-corrected chi connectivity index (χ4v) is 4.49. The van der Waals surface area contributed by atoms with Crippen molar-refractivity contribution in [2.45, 2.75) is 25.2 Å². The van der Waals surface area contributed by atoms with Gasteiger partial charge in [0.1, 0.15) is 0 Å². The molecule has 5 nitrogen and oxygen atoms in total. The predicted molar refractivity (Wildman–Crippen MR) is 106 cm³/mol. The summed E-state index contributed by atoms with van der Waals surface area (Å²) in [5.41, 5.74) is 4.94. The molecular weight excluding hydrogens is 358 g/mol. The number of carbonyl (C=O) groups excluding carboxylic acids is 1. The minimum atomic E-state index is -0.0265. The van der Waals surface area contributed by atoms with E-state index in [-0.39, 0.29) is 5.91 Å². The van der Waals surface area contributed by atoms with Crippen LogP contribution in [0.1, 0.15) is 39.7 Å². The fourth-order valence-electron chi connectivity index (χ4n) is 3.49. The number of benzene rings is 1. The number of fused-ring (bicyclic) bond motifs is 1. The summed E-state index contributed by atoms with van der Waals surface area (Å²) in [6.07, 6.45) is 4.98. The summed E-state index contributed by atoms with van der Waals surface area (Å²) < 4.78 is 5.07. The average molecular weight is 377 g/mol. The number of amides is 1. The number of pyridine rings is 1. The van der Waals surface area contributed by atoms with E-state index < -0.39 is 0 Å². The number of nitrogens with zero attached hydrogens (tertiary/aromatic N) is 3. The molecule has 0 spiro atoms. The summed E-state index contributed by atoms with van der Waals surface area (Å²) in [5.74, 6) is 1.16. The van der Waals surface area contributed by atoms with Crippen LogP contribution in [0.4, 0.5) is 5.69 Å². The van der Waals surface area contributed by atoms with Crippen molar-refractivity contribution in [2.75, 3.05) is 18.6 Å². The van der Waals surface area contributed by atoms with Gasteiger partial charge in [0, 0.05) is 41.4 Å². The van der Waals surface area contributed by atoms with Crippen LogP contribution in [0.25, 0.3) is 11.3 Å². The summed E-state index contributed by atoms with van der Waals surface area (Å²) in [7, 11) is 1.56. The molecule has 3 aromatic rings. The second-order valence-corrected chi connectivity index (χ2v) is 7.87. The Kier molecular flexibility index (Phi) is 3.93. The first kappa shape index (κ1) is 16.4. The van der Waals surface area contributed by atoms with Gasteiger partial charge >= 0.3 is 0 Å². The number of ether oxygens (including phenoxy) is 1. The van der Waals surface area contributed by atoms with Crippen LogP contribution in [-0.4, -0.2) is 29.5 Å². The molecule has 0 saturated heterocycles. The van der Waals surface area contributed by atoms with Crippen LogP contribution in [0.2, 0.25) is 0 Å². The molecule has 5 rings (SSSR count). The lowest BCUT2D eigenvalue weighted by Gasteiger charge is -2.17. The number of hydrogen-bond donors (Lipinski definition) is 0. The molecule has 1 aromatic carbocycles. The van der Waals surface area contributed by atoms with Crippen LogP contribution in [0.15, 0.2) is 41.9 Å². The molecule has 1 saturated carbocycles. The van der Waals surface area contributed by atoms with Gasteiger partial charge in [0.25, 0.3) is 5.91 Å². The topological polar surface area (TPSA) is 55.3 Å². The Bertz CT molecular complexity index is 1010. The van der Waals surface area contributed by atoms with Crippen molar-refractivity contribution in [1.29, 1.82) is 0 Å². The molecule has 6 heteroatoms. The van der Waals surface area contributed by atoms with Crippen LogP contribution in [0.5, 0.6) is 5.88 Å². The lowest BCUT2D eigenvalue weighted by atomic mass is 10.1. The Hall–Kier alpha value is -2.73. The van der Waals surface area contributed by atoms with Gasteiger partial charge in [-0.1, -0.05) is 6.07 Å². The van der Waals surface area contributed by atoms with E-state index in [1.54, 1.807) is 36.8 Å². The summed E-state index contributed by atoms with van der Waals surface area (Å²) >= 11 is 1.76. The summed E-state index contributed by atoms with van der Waals surface area (Å²) in [4.78, 5) is 23.7. The van der Waals surface area contributed by atoms with Gasteiger partial charge in [-0.15, -0.1) is 11.3 Å². The van der Waals surface area contributed by atoms with Crippen molar-refractivity contribution >= 4 is 22.9 Å². The van der Waals surface area contributed by atoms with Crippen LogP contribution in [-0.2, 0) is 6.42 Å². The number of aromatic nitrogens is 2. The Morgan fingerprint density at radius 2 is 2.15 bits per heavy atom. The van der Waals surface area contributed by atoms with E-state index in [0.717, 1.165) is 23.4 Å². The molecule has 136 valence electrons. The molecule has 1 amide bonds. The molecule has 0 N–H and O–H groups in total. The van der Waals surface area contributed by atoms with Gasteiger partial charge in [0.2, 0.25) is 5.88 Å². The number of rotatable bonds is 4. The maximum Gasteiger partial charge on any atom is 0.259 e. The highest BCUT2D eigenvalue weighted by molar-refractivity contribution is 7.10. The number of hydrogen-bond acceptors (Lipinski definition) is 5. The lowest BCUT2D eigenvalue weighted by Crippen LogP contribution is -2.28. The molecular formula is C21H19N3O2S. The van der Waals surface area contributed by atoms with Gasteiger partial charge in [-0.2, -0.15) is 0 Å². The molecule has 3 heterocycles. The van der Waals surface area contributed by atoms with E-state index in [1.165, 1.54) is 23.4 Å². The van der Waals surface area contributed by atoms with E-state index in [9.17, 15) is 4.79 Å². The number of thiazole rings is 1. The SMILES string of the molecule is COc1ccc(C(=O)N2CCc3cc(-c4csc(C5CC5)n4)ccc32)cn1. The normalized spacial score (nSPS) is 15.7. The van der Waals surface area contributed by atoms with E-state index in [4.69, 9.17) is 9.72 Å². The standard InChI is InChI=1S/C21H19N3O2S/c1-26-19-7-5-16(11-22-19)21(25)24-9-8-15-10-14(4-6-18(15)24)17-12-27-20(23-17)13-2-3-13/h4-7,10-13H,2-3,8-9H2,1H3. The monoisotopic (exact) mass is 377 g/mol. The number of carbonyl (C=O) groups is 1. The highest BCUT2D eigenvalue weighted by Crippen LogP contribution is 2.43. The van der Waals surface area contributed by atoms with Gasteiger partial charge in [-0.3, -0.25) is 4.79 Å². The molecule has 0 radical (unpaired) electrons. The Morgan fingerprint density at radius 1 is 1.26 bits per heavy atom. The van der Waals surface area contributed by atoms with Gasteiger partial charge in [0.05, 0.1) is 23.4 Å². The molecule has 1 fully saturated rings. The van der Waals surface area contributed by atoms with Crippen molar-refractivity contribution in [2.24, 2.45) is 0 Å². The van der Waals surface area contributed by atoms with Crippen LogP contribution in [0.3, 0.4) is 0 Å². The summed E-state index contributed by atoms with van der Waals surface area (Å²) in [6, 6.07) is 9.77. The van der Waals surface area contributed by atoms with Crippen LogP contribution >= 0.6 is 11.3 Å². The quantitative estimate of drug-likeness (QED) is 0.680. The summed E-state index contributed by atoms with van der Waals surface area (Å²) in [6.45, 7) is 0.689. The maximum atomic E-state index is 12.9. The predicted octanol–water partition coefficient (Wildman–Crippen LogP) is 4.29. The molecule has 0 atom stereocenters. The van der Waals surface area contributed by atoms with Gasteiger partial charge in [-0.05, 0) is 43.0 Å². The van der Waals surface area contributed by atoms with E-state index in [2.05, 4.69) is 22.5 Å². The zero-order valence-corrected chi connectivity index (χ0v) is 15.8. The smallest absolute Gasteiger partial charge is 0.259 e. The van der Waals surface area contributed by atoms with Gasteiger partial charge < -0.3 is 9.64 Å². The fraction of sp³-hybridized carbons (Fsp3) is 0.286. The summed E-state index contributed by atoms with van der Waals surface area (Å²) in [5, 5.41) is 3.41. The maximum absolute atomic E-state index is 12.9. The molecule has 0 unspecified atom stereocenters. The third-order valence-electron chi connectivity index (χ3n) is 5.16. The molecule has 2 aromatic heterocycles.